The summed E-state index contributed by atoms with van der Waals surface area (Å²) in [5.41, 5.74) is 1.07. The van der Waals surface area contributed by atoms with Crippen LogP contribution in [0.3, 0.4) is 0 Å². The number of ether oxygens (including phenoxy) is 1. The van der Waals surface area contributed by atoms with E-state index >= 15 is 0 Å². The lowest BCUT2D eigenvalue weighted by Crippen LogP contribution is -1.98. The first-order chi connectivity index (χ1) is 8.54. The predicted octanol–water partition coefficient (Wildman–Crippen LogP) is 3.53. The maximum absolute atomic E-state index is 10.9. The van der Waals surface area contributed by atoms with E-state index in [1.165, 1.54) is 12.1 Å². The van der Waals surface area contributed by atoms with Crippen molar-refractivity contribution in [1.82, 2.24) is 4.98 Å². The Morgan fingerprint density at radius 2 is 2.11 bits per heavy atom. The number of carboxylic acids is 1. The number of halogens is 1. The van der Waals surface area contributed by atoms with E-state index in [0.29, 0.717) is 5.75 Å². The highest BCUT2D eigenvalue weighted by molar-refractivity contribution is 6.29. The Bertz CT molecular complexity index is 599. The molecule has 0 unspecified atom stereocenters. The summed E-state index contributed by atoms with van der Waals surface area (Å²) in [7, 11) is 0. The Labute approximate surface area is 109 Å². The number of pyridine rings is 1. The standard InChI is InChI=1S/C13H10ClNO3/c1-8-3-2-4-10(5-8)18-12-7-9(13(16)17)6-11(14)15-12/h2-7H,1H3,(H,16,17). The zero-order valence-electron chi connectivity index (χ0n) is 9.55. The van der Waals surface area contributed by atoms with Crippen LogP contribution in [0.25, 0.3) is 0 Å². The monoisotopic (exact) mass is 263 g/mol. The van der Waals surface area contributed by atoms with Gasteiger partial charge in [-0.2, -0.15) is 0 Å². The average Bonchev–Trinajstić information content (AvgIpc) is 2.28. The van der Waals surface area contributed by atoms with Crippen LogP contribution in [-0.2, 0) is 0 Å². The molecule has 92 valence electrons. The van der Waals surface area contributed by atoms with Crippen LogP contribution in [0.15, 0.2) is 36.4 Å². The molecule has 0 saturated heterocycles. The number of hydrogen-bond acceptors (Lipinski definition) is 3. The van der Waals surface area contributed by atoms with Crippen molar-refractivity contribution in [2.75, 3.05) is 0 Å². The highest BCUT2D eigenvalue weighted by Gasteiger charge is 2.09. The first-order valence-electron chi connectivity index (χ1n) is 5.20. The fraction of sp³-hybridized carbons (Fsp3) is 0.0769. The zero-order chi connectivity index (χ0) is 13.1. The van der Waals surface area contributed by atoms with Gasteiger partial charge in [0.2, 0.25) is 5.88 Å². The lowest BCUT2D eigenvalue weighted by molar-refractivity contribution is 0.0696. The number of aromatic carboxylic acids is 1. The van der Waals surface area contributed by atoms with Gasteiger partial charge in [0.05, 0.1) is 5.56 Å². The Morgan fingerprint density at radius 3 is 2.78 bits per heavy atom. The van der Waals surface area contributed by atoms with E-state index in [-0.39, 0.29) is 16.6 Å². The minimum atomic E-state index is -1.08. The van der Waals surface area contributed by atoms with Gasteiger partial charge in [0.1, 0.15) is 10.9 Å². The molecule has 4 nitrogen and oxygen atoms in total. The van der Waals surface area contributed by atoms with Crippen molar-refractivity contribution >= 4 is 17.6 Å². The Kier molecular flexibility index (Phi) is 3.48. The summed E-state index contributed by atoms with van der Waals surface area (Å²) in [5.74, 6) is -0.333. The van der Waals surface area contributed by atoms with Crippen LogP contribution < -0.4 is 4.74 Å². The number of aryl methyl sites for hydroxylation is 1. The minimum absolute atomic E-state index is 0.0395. The van der Waals surface area contributed by atoms with Gasteiger partial charge in [0, 0.05) is 6.07 Å². The van der Waals surface area contributed by atoms with Crippen molar-refractivity contribution in [3.8, 4) is 11.6 Å². The summed E-state index contributed by atoms with van der Waals surface area (Å²) in [5, 5.41) is 8.98. The van der Waals surface area contributed by atoms with E-state index in [1.54, 1.807) is 6.07 Å². The van der Waals surface area contributed by atoms with Crippen LogP contribution in [-0.4, -0.2) is 16.1 Å². The minimum Gasteiger partial charge on any atom is -0.478 e. The van der Waals surface area contributed by atoms with Gasteiger partial charge in [-0.15, -0.1) is 0 Å². The summed E-state index contributed by atoms with van der Waals surface area (Å²) in [6.45, 7) is 1.93. The van der Waals surface area contributed by atoms with Crippen LogP contribution in [0, 0.1) is 6.92 Å². The molecule has 0 aliphatic rings. The molecule has 0 aliphatic heterocycles. The second-order valence-corrected chi connectivity index (χ2v) is 4.13. The van der Waals surface area contributed by atoms with Crippen LogP contribution in [0.4, 0.5) is 0 Å². The highest BCUT2D eigenvalue weighted by Crippen LogP contribution is 2.23. The molecule has 0 aliphatic carbocycles. The topological polar surface area (TPSA) is 59.4 Å². The van der Waals surface area contributed by atoms with Crippen molar-refractivity contribution < 1.29 is 14.6 Å². The van der Waals surface area contributed by atoms with Crippen molar-refractivity contribution in [2.45, 2.75) is 6.92 Å². The molecule has 0 bridgehead atoms. The average molecular weight is 264 g/mol. The number of aromatic nitrogens is 1. The quantitative estimate of drug-likeness (QED) is 0.861. The molecule has 18 heavy (non-hydrogen) atoms. The molecule has 2 aromatic rings. The molecule has 5 heteroatoms. The van der Waals surface area contributed by atoms with Crippen molar-refractivity contribution in [3.05, 3.63) is 52.7 Å². The largest absolute Gasteiger partial charge is 0.478 e. The van der Waals surface area contributed by atoms with Gasteiger partial charge in [-0.3, -0.25) is 0 Å². The second-order valence-electron chi connectivity index (χ2n) is 3.74. The van der Waals surface area contributed by atoms with Crippen LogP contribution in [0.2, 0.25) is 5.15 Å². The predicted molar refractivity (Wildman–Crippen MR) is 67.5 cm³/mol. The number of benzene rings is 1. The SMILES string of the molecule is Cc1cccc(Oc2cc(C(=O)O)cc(Cl)n2)c1. The second kappa shape index (κ2) is 5.06. The van der Waals surface area contributed by atoms with Gasteiger partial charge < -0.3 is 9.84 Å². The molecule has 1 aromatic heterocycles. The number of carbonyl (C=O) groups is 1. The number of nitrogens with zero attached hydrogens (tertiary/aromatic N) is 1. The first-order valence-corrected chi connectivity index (χ1v) is 5.58. The van der Waals surface area contributed by atoms with E-state index in [0.717, 1.165) is 5.56 Å². The lowest BCUT2D eigenvalue weighted by Gasteiger charge is -2.06. The van der Waals surface area contributed by atoms with Gasteiger partial charge in [0.25, 0.3) is 0 Å². The number of rotatable bonds is 3. The summed E-state index contributed by atoms with van der Waals surface area (Å²) < 4.78 is 5.47. The summed E-state index contributed by atoms with van der Waals surface area (Å²) in [4.78, 5) is 14.8. The van der Waals surface area contributed by atoms with Crippen molar-refractivity contribution in [1.29, 1.82) is 0 Å². The molecule has 0 spiro atoms. The number of carboxylic acid groups (broad SMARTS) is 1. The van der Waals surface area contributed by atoms with E-state index in [4.69, 9.17) is 21.4 Å². The van der Waals surface area contributed by atoms with Gasteiger partial charge in [0.15, 0.2) is 0 Å². The van der Waals surface area contributed by atoms with E-state index in [2.05, 4.69) is 4.98 Å². The Morgan fingerprint density at radius 1 is 1.33 bits per heavy atom. The first kappa shape index (κ1) is 12.4. The van der Waals surface area contributed by atoms with E-state index in [9.17, 15) is 4.79 Å². The van der Waals surface area contributed by atoms with E-state index < -0.39 is 5.97 Å². The third-order valence-electron chi connectivity index (χ3n) is 2.23. The maximum Gasteiger partial charge on any atom is 0.335 e. The summed E-state index contributed by atoms with van der Waals surface area (Å²) in [6.07, 6.45) is 0. The number of hydrogen-bond donors (Lipinski definition) is 1. The maximum atomic E-state index is 10.9. The molecule has 0 amide bonds. The molecule has 0 saturated carbocycles. The highest BCUT2D eigenvalue weighted by atomic mass is 35.5. The third-order valence-corrected chi connectivity index (χ3v) is 2.42. The van der Waals surface area contributed by atoms with Crippen molar-refractivity contribution in [2.24, 2.45) is 0 Å². The van der Waals surface area contributed by atoms with Crippen LogP contribution in [0.1, 0.15) is 15.9 Å². The molecular formula is C13H10ClNO3. The van der Waals surface area contributed by atoms with Crippen molar-refractivity contribution in [3.63, 3.8) is 0 Å². The molecule has 1 heterocycles. The molecule has 0 fully saturated rings. The molecule has 0 radical (unpaired) electrons. The molecule has 1 aromatic carbocycles. The lowest BCUT2D eigenvalue weighted by atomic mass is 10.2. The summed E-state index contributed by atoms with van der Waals surface area (Å²) >= 11 is 5.74. The Hall–Kier alpha value is -2.07. The molecule has 2 rings (SSSR count). The molecule has 0 atom stereocenters. The van der Waals surface area contributed by atoms with Gasteiger partial charge in [-0.25, -0.2) is 9.78 Å². The van der Waals surface area contributed by atoms with Gasteiger partial charge >= 0.3 is 5.97 Å². The summed E-state index contributed by atoms with van der Waals surface area (Å²) in [6, 6.07) is 9.96. The fourth-order valence-electron chi connectivity index (χ4n) is 1.45. The smallest absolute Gasteiger partial charge is 0.335 e. The van der Waals surface area contributed by atoms with Gasteiger partial charge in [-0.1, -0.05) is 23.7 Å². The normalized spacial score (nSPS) is 10.1. The Balaban J connectivity index is 2.31. The van der Waals surface area contributed by atoms with E-state index in [1.807, 2.05) is 25.1 Å². The molecule has 1 N–H and O–H groups in total. The van der Waals surface area contributed by atoms with Crippen LogP contribution >= 0.6 is 11.6 Å². The van der Waals surface area contributed by atoms with Gasteiger partial charge in [-0.05, 0) is 30.7 Å². The van der Waals surface area contributed by atoms with Crippen LogP contribution in [0.5, 0.6) is 11.6 Å². The fourth-order valence-corrected chi connectivity index (χ4v) is 1.65. The molecular weight excluding hydrogens is 254 g/mol. The zero-order valence-corrected chi connectivity index (χ0v) is 10.3. The third kappa shape index (κ3) is 2.99.